The van der Waals surface area contributed by atoms with Crippen LogP contribution in [-0.4, -0.2) is 48.0 Å². The van der Waals surface area contributed by atoms with Crippen LogP contribution < -0.4 is 5.73 Å². The molecular weight excluding hydrogens is 362 g/mol. The Labute approximate surface area is 161 Å². The first-order valence-corrected chi connectivity index (χ1v) is 9.03. The number of ether oxygens (including phenoxy) is 2. The summed E-state index contributed by atoms with van der Waals surface area (Å²) >= 11 is 0. The number of anilines is 1. The average molecular weight is 385 g/mol. The fourth-order valence-corrected chi connectivity index (χ4v) is 3.60. The van der Waals surface area contributed by atoms with Gasteiger partial charge in [-0.3, -0.25) is 4.57 Å². The molecule has 2 aromatic heterocycles. The van der Waals surface area contributed by atoms with Crippen LogP contribution in [-0.2, 0) is 9.47 Å². The van der Waals surface area contributed by atoms with Gasteiger partial charge in [0, 0.05) is 12.0 Å². The van der Waals surface area contributed by atoms with Gasteiger partial charge in [-0.1, -0.05) is 29.8 Å². The summed E-state index contributed by atoms with van der Waals surface area (Å²) in [6.45, 7) is 3.64. The van der Waals surface area contributed by atoms with Crippen LogP contribution in [0.25, 0.3) is 11.2 Å². The quantitative estimate of drug-likeness (QED) is 0.563. The van der Waals surface area contributed by atoms with E-state index in [9.17, 15) is 10.2 Å². The third kappa shape index (κ3) is 3.22. The molecule has 9 nitrogen and oxygen atoms in total. The first kappa shape index (κ1) is 18.8. The van der Waals surface area contributed by atoms with Crippen LogP contribution >= 0.6 is 0 Å². The first-order chi connectivity index (χ1) is 13.4. The Bertz CT molecular complexity index is 976. The Kier molecular flexibility index (Phi) is 4.76. The van der Waals surface area contributed by atoms with Crippen molar-refractivity contribution in [2.24, 2.45) is 0 Å². The zero-order chi connectivity index (χ0) is 19.9. The summed E-state index contributed by atoms with van der Waals surface area (Å²) in [5, 5.41) is 20.3. The number of hydrogen-bond donors (Lipinski definition) is 3. The van der Waals surface area contributed by atoms with Crippen molar-refractivity contribution in [1.29, 1.82) is 0 Å². The van der Waals surface area contributed by atoms with Crippen LogP contribution in [0.15, 0.2) is 36.9 Å². The minimum absolute atomic E-state index is 0.167. The third-order valence-electron chi connectivity index (χ3n) is 5.06. The minimum atomic E-state index is -1.15. The van der Waals surface area contributed by atoms with Gasteiger partial charge in [0.15, 0.2) is 24.0 Å². The molecule has 0 spiro atoms. The molecule has 1 fully saturated rings. The van der Waals surface area contributed by atoms with Gasteiger partial charge in [0.05, 0.1) is 19.0 Å². The van der Waals surface area contributed by atoms with E-state index in [1.54, 1.807) is 10.9 Å². The van der Waals surface area contributed by atoms with Gasteiger partial charge in [0.2, 0.25) is 0 Å². The number of hydrogen-bond acceptors (Lipinski definition) is 8. The summed E-state index contributed by atoms with van der Waals surface area (Å²) in [5.74, 6) is 0.266. The van der Waals surface area contributed by atoms with E-state index in [-0.39, 0.29) is 12.4 Å². The minimum Gasteiger partial charge on any atom is -0.394 e. The van der Waals surface area contributed by atoms with Crippen LogP contribution in [0, 0.1) is 6.92 Å². The number of aliphatic hydroxyl groups excluding tert-OH is 2. The normalized spacial score (nSPS) is 26.0. The van der Waals surface area contributed by atoms with Crippen molar-refractivity contribution in [3.05, 3.63) is 48.0 Å². The highest BCUT2D eigenvalue weighted by molar-refractivity contribution is 5.81. The SMILES string of the molecule is Cc1ccc(C(O)OC2(C)CC(CO)O[C@H]2n2cnc3c(N)ncnc32)cc1. The van der Waals surface area contributed by atoms with E-state index in [2.05, 4.69) is 15.0 Å². The molecule has 3 heterocycles. The second-order valence-electron chi connectivity index (χ2n) is 7.27. The Balaban J connectivity index is 1.68. The molecule has 9 heteroatoms. The lowest BCUT2D eigenvalue weighted by Crippen LogP contribution is -2.37. The van der Waals surface area contributed by atoms with E-state index in [4.69, 9.17) is 15.2 Å². The monoisotopic (exact) mass is 385 g/mol. The van der Waals surface area contributed by atoms with Crippen LogP contribution in [0.1, 0.15) is 37.0 Å². The highest BCUT2D eigenvalue weighted by Gasteiger charge is 2.49. The number of nitrogens with zero attached hydrogens (tertiary/aromatic N) is 4. The molecule has 1 aliphatic rings. The predicted molar refractivity (Wildman–Crippen MR) is 101 cm³/mol. The molecule has 1 saturated heterocycles. The van der Waals surface area contributed by atoms with E-state index in [1.807, 2.05) is 38.1 Å². The van der Waals surface area contributed by atoms with E-state index in [0.717, 1.165) is 5.56 Å². The van der Waals surface area contributed by atoms with Crippen LogP contribution in [0.4, 0.5) is 5.82 Å². The van der Waals surface area contributed by atoms with Crippen LogP contribution in [0.2, 0.25) is 0 Å². The number of fused-ring (bicyclic) bond motifs is 1. The standard InChI is InChI=1S/C19H23N5O4/c1-11-3-5-12(6-4-11)17(26)28-19(2)7-13(8-25)27-18(19)24-10-23-14-15(20)21-9-22-16(14)24/h3-6,9-10,13,17-18,25-26H,7-8H2,1-2H3,(H2,20,21,22)/t13?,17?,18-,19?/m1/s1. The topological polar surface area (TPSA) is 129 Å². The van der Waals surface area contributed by atoms with Crippen molar-refractivity contribution >= 4 is 17.0 Å². The van der Waals surface area contributed by atoms with Gasteiger partial charge in [-0.25, -0.2) is 15.0 Å². The van der Waals surface area contributed by atoms with Crippen LogP contribution in [0.3, 0.4) is 0 Å². The number of nitrogens with two attached hydrogens (primary N) is 1. The molecule has 0 aliphatic carbocycles. The van der Waals surface area contributed by atoms with E-state index >= 15 is 0 Å². The summed E-state index contributed by atoms with van der Waals surface area (Å²) in [6, 6.07) is 7.45. The zero-order valence-corrected chi connectivity index (χ0v) is 15.7. The van der Waals surface area contributed by atoms with Gasteiger partial charge >= 0.3 is 0 Å². The number of benzene rings is 1. The van der Waals surface area contributed by atoms with E-state index in [0.29, 0.717) is 23.1 Å². The Morgan fingerprint density at radius 2 is 2.07 bits per heavy atom. The molecule has 148 valence electrons. The second-order valence-corrected chi connectivity index (χ2v) is 7.27. The second kappa shape index (κ2) is 7.10. The highest BCUT2D eigenvalue weighted by atomic mass is 16.6. The summed E-state index contributed by atoms with van der Waals surface area (Å²) in [6.07, 6.45) is 1.04. The van der Waals surface area contributed by atoms with Crippen molar-refractivity contribution in [2.45, 2.75) is 44.5 Å². The number of aromatic nitrogens is 4. The Morgan fingerprint density at radius 1 is 1.32 bits per heavy atom. The molecular formula is C19H23N5O4. The summed E-state index contributed by atoms with van der Waals surface area (Å²) in [5.41, 5.74) is 7.62. The fraction of sp³-hybridized carbons (Fsp3) is 0.421. The number of rotatable bonds is 5. The van der Waals surface area contributed by atoms with Gasteiger partial charge in [-0.05, 0) is 13.8 Å². The van der Waals surface area contributed by atoms with Gasteiger partial charge in [0.25, 0.3) is 0 Å². The van der Waals surface area contributed by atoms with Gasteiger partial charge < -0.3 is 25.4 Å². The fourth-order valence-electron chi connectivity index (χ4n) is 3.60. The maximum atomic E-state index is 10.7. The lowest BCUT2D eigenvalue weighted by molar-refractivity contribution is -0.214. The zero-order valence-electron chi connectivity index (χ0n) is 15.7. The number of nitrogen functional groups attached to an aromatic ring is 1. The molecule has 0 bridgehead atoms. The smallest absolute Gasteiger partial charge is 0.182 e. The molecule has 1 aromatic carbocycles. The van der Waals surface area contributed by atoms with Crippen LogP contribution in [0.5, 0.6) is 0 Å². The Hall–Kier alpha value is -2.59. The van der Waals surface area contributed by atoms with Gasteiger partial charge in [-0.2, -0.15) is 0 Å². The van der Waals surface area contributed by atoms with E-state index < -0.39 is 24.2 Å². The molecule has 0 radical (unpaired) electrons. The van der Waals surface area contributed by atoms with E-state index in [1.165, 1.54) is 6.33 Å². The molecule has 0 amide bonds. The number of imidazole rings is 1. The Morgan fingerprint density at radius 3 is 2.79 bits per heavy atom. The maximum absolute atomic E-state index is 10.7. The van der Waals surface area contributed by atoms with Gasteiger partial charge in [-0.15, -0.1) is 0 Å². The van der Waals surface area contributed by atoms with Crippen molar-refractivity contribution in [3.63, 3.8) is 0 Å². The van der Waals surface area contributed by atoms with Crippen molar-refractivity contribution in [1.82, 2.24) is 19.5 Å². The van der Waals surface area contributed by atoms with Crippen molar-refractivity contribution < 1.29 is 19.7 Å². The largest absolute Gasteiger partial charge is 0.394 e. The molecule has 0 saturated carbocycles. The van der Waals surface area contributed by atoms with Crippen molar-refractivity contribution in [3.8, 4) is 0 Å². The maximum Gasteiger partial charge on any atom is 0.182 e. The lowest BCUT2D eigenvalue weighted by atomic mass is 9.99. The molecule has 4 rings (SSSR count). The highest BCUT2D eigenvalue weighted by Crippen LogP contribution is 2.44. The third-order valence-corrected chi connectivity index (χ3v) is 5.06. The molecule has 3 aromatic rings. The van der Waals surface area contributed by atoms with Gasteiger partial charge in [0.1, 0.15) is 17.4 Å². The predicted octanol–water partition coefficient (Wildman–Crippen LogP) is 1.46. The molecule has 3 unspecified atom stereocenters. The average Bonchev–Trinajstić information content (AvgIpc) is 3.23. The summed E-state index contributed by atoms with van der Waals surface area (Å²) in [7, 11) is 0. The molecule has 4 N–H and O–H groups in total. The summed E-state index contributed by atoms with van der Waals surface area (Å²) < 4.78 is 13.8. The van der Waals surface area contributed by atoms with Crippen molar-refractivity contribution in [2.75, 3.05) is 12.3 Å². The molecule has 4 atom stereocenters. The first-order valence-electron chi connectivity index (χ1n) is 9.03. The molecule has 28 heavy (non-hydrogen) atoms. The summed E-state index contributed by atoms with van der Waals surface area (Å²) in [4.78, 5) is 12.5. The number of aryl methyl sites for hydroxylation is 1. The lowest BCUT2D eigenvalue weighted by Gasteiger charge is -2.33. The molecule has 1 aliphatic heterocycles. The number of aliphatic hydroxyl groups is 2.